The van der Waals surface area contributed by atoms with Gasteiger partial charge in [-0.25, -0.2) is 4.39 Å². The monoisotopic (exact) mass is 425 g/mol. The molecule has 0 radical (unpaired) electrons. The molecule has 0 bridgehead atoms. The van der Waals surface area contributed by atoms with Gasteiger partial charge in [-0.3, -0.25) is 19.6 Å². The first kappa shape index (κ1) is 21.7. The van der Waals surface area contributed by atoms with Crippen LogP contribution in [0.25, 0.3) is 6.08 Å². The zero-order chi connectivity index (χ0) is 22.5. The highest BCUT2D eigenvalue weighted by Crippen LogP contribution is 2.30. The van der Waals surface area contributed by atoms with E-state index in [1.165, 1.54) is 19.4 Å². The Balaban J connectivity index is 1.81. The topological polar surface area (TPSA) is 96.5 Å². The minimum Gasteiger partial charge on any atom is -0.496 e. The van der Waals surface area contributed by atoms with Crippen LogP contribution in [0.15, 0.2) is 48.7 Å². The third-order valence-electron chi connectivity index (χ3n) is 4.73. The lowest BCUT2D eigenvalue weighted by Crippen LogP contribution is -2.02. The van der Waals surface area contributed by atoms with Crippen molar-refractivity contribution in [2.75, 3.05) is 7.11 Å². The largest absolute Gasteiger partial charge is 0.496 e. The number of hydrogen-bond acceptors (Lipinski definition) is 6. The Kier molecular flexibility index (Phi) is 6.44. The maximum atomic E-state index is 13.5. The summed E-state index contributed by atoms with van der Waals surface area (Å²) in [6, 6.07) is 8.18. The number of ketones is 1. The molecule has 1 heterocycles. The van der Waals surface area contributed by atoms with E-state index in [1.54, 1.807) is 36.0 Å². The molecular weight excluding hydrogens is 405 g/mol. The number of carbonyl (C=O) groups excluding carboxylic acids is 1. The first-order valence-corrected chi connectivity index (χ1v) is 9.25. The van der Waals surface area contributed by atoms with E-state index < -0.39 is 10.7 Å². The van der Waals surface area contributed by atoms with Gasteiger partial charge in [-0.15, -0.1) is 0 Å². The fourth-order valence-electron chi connectivity index (χ4n) is 2.93. The van der Waals surface area contributed by atoms with Crippen LogP contribution in [-0.4, -0.2) is 27.6 Å². The summed E-state index contributed by atoms with van der Waals surface area (Å²) in [5, 5.41) is 15.2. The maximum absolute atomic E-state index is 13.5. The van der Waals surface area contributed by atoms with Crippen molar-refractivity contribution in [1.82, 2.24) is 9.78 Å². The van der Waals surface area contributed by atoms with E-state index >= 15 is 0 Å². The standard InChI is InChI=1S/C22H20FN3O5/c1-14-18(12-24-25(14)2)20(27)8-4-15-5-9-21(30-3)16(10-15)13-31-22-11-17(23)6-7-19(22)26(28)29/h4-12H,13H2,1-3H3/b8-4+. The molecule has 0 unspecified atom stereocenters. The van der Waals surface area contributed by atoms with E-state index in [1.807, 2.05) is 6.92 Å². The van der Waals surface area contributed by atoms with Gasteiger partial charge in [-0.05, 0) is 36.8 Å². The molecule has 0 atom stereocenters. The molecule has 2 aromatic carbocycles. The number of aryl methyl sites for hydroxylation is 1. The summed E-state index contributed by atoms with van der Waals surface area (Å²) in [6.45, 7) is 1.72. The molecule has 8 nitrogen and oxygen atoms in total. The average Bonchev–Trinajstić information content (AvgIpc) is 3.08. The van der Waals surface area contributed by atoms with E-state index in [-0.39, 0.29) is 23.8 Å². The van der Waals surface area contributed by atoms with Crippen molar-refractivity contribution in [2.45, 2.75) is 13.5 Å². The summed E-state index contributed by atoms with van der Waals surface area (Å²) in [7, 11) is 3.24. The Bertz CT molecular complexity index is 1170. The smallest absolute Gasteiger partial charge is 0.311 e. The number of rotatable bonds is 8. The van der Waals surface area contributed by atoms with Crippen molar-refractivity contribution in [1.29, 1.82) is 0 Å². The van der Waals surface area contributed by atoms with Crippen LogP contribution in [0.4, 0.5) is 10.1 Å². The zero-order valence-electron chi connectivity index (χ0n) is 17.2. The third-order valence-corrected chi connectivity index (χ3v) is 4.73. The molecule has 0 aliphatic heterocycles. The Morgan fingerprint density at radius 3 is 2.68 bits per heavy atom. The number of carbonyl (C=O) groups is 1. The number of nitro benzene ring substituents is 1. The van der Waals surface area contributed by atoms with Crippen molar-refractivity contribution in [3.63, 3.8) is 0 Å². The Labute approximate surface area is 177 Å². The second-order valence-electron chi connectivity index (χ2n) is 6.69. The van der Waals surface area contributed by atoms with Crippen molar-refractivity contribution < 1.29 is 23.6 Å². The molecule has 31 heavy (non-hydrogen) atoms. The van der Waals surface area contributed by atoms with Crippen LogP contribution >= 0.6 is 0 Å². The normalized spacial score (nSPS) is 11.0. The molecule has 0 fully saturated rings. The maximum Gasteiger partial charge on any atom is 0.311 e. The summed E-state index contributed by atoms with van der Waals surface area (Å²) in [6.07, 6.45) is 4.59. The van der Waals surface area contributed by atoms with Gasteiger partial charge in [0, 0.05) is 30.4 Å². The van der Waals surface area contributed by atoms with E-state index in [0.29, 0.717) is 22.4 Å². The number of nitrogens with zero attached hydrogens (tertiary/aromatic N) is 3. The predicted molar refractivity (Wildman–Crippen MR) is 112 cm³/mol. The number of halogens is 1. The Hall–Kier alpha value is -4.01. The summed E-state index contributed by atoms with van der Waals surface area (Å²) >= 11 is 0. The van der Waals surface area contributed by atoms with Crippen molar-refractivity contribution in [3.05, 3.63) is 87.0 Å². The lowest BCUT2D eigenvalue weighted by Gasteiger charge is -2.11. The number of nitro groups is 1. The lowest BCUT2D eigenvalue weighted by atomic mass is 10.1. The summed E-state index contributed by atoms with van der Waals surface area (Å²) in [5.74, 6) is -0.524. The molecule has 0 spiro atoms. The lowest BCUT2D eigenvalue weighted by molar-refractivity contribution is -0.386. The molecule has 160 valence electrons. The van der Waals surface area contributed by atoms with Gasteiger partial charge in [-0.1, -0.05) is 12.1 Å². The quantitative estimate of drug-likeness (QED) is 0.232. The highest BCUT2D eigenvalue weighted by atomic mass is 19.1. The SMILES string of the molecule is COc1ccc(/C=C/C(=O)c2cnn(C)c2C)cc1COc1cc(F)ccc1[N+](=O)[O-]. The van der Waals surface area contributed by atoms with Crippen LogP contribution in [0, 0.1) is 22.9 Å². The molecular formula is C22H20FN3O5. The molecule has 9 heteroatoms. The second-order valence-corrected chi connectivity index (χ2v) is 6.69. The molecule has 0 N–H and O–H groups in total. The van der Waals surface area contributed by atoms with Gasteiger partial charge in [0.05, 0.1) is 23.8 Å². The number of allylic oxidation sites excluding steroid dienone is 1. The minimum atomic E-state index is -0.645. The number of hydrogen-bond donors (Lipinski definition) is 0. The summed E-state index contributed by atoms with van der Waals surface area (Å²) in [5.41, 5.74) is 2.20. The first-order valence-electron chi connectivity index (χ1n) is 9.25. The van der Waals surface area contributed by atoms with E-state index in [9.17, 15) is 19.3 Å². The minimum absolute atomic E-state index is 0.0925. The van der Waals surface area contributed by atoms with Gasteiger partial charge >= 0.3 is 5.69 Å². The van der Waals surface area contributed by atoms with Crippen LogP contribution in [0.1, 0.15) is 27.2 Å². The first-order chi connectivity index (χ1) is 14.8. The van der Waals surface area contributed by atoms with Crippen molar-refractivity contribution in [2.24, 2.45) is 7.05 Å². The fourth-order valence-corrected chi connectivity index (χ4v) is 2.93. The van der Waals surface area contributed by atoms with Crippen molar-refractivity contribution in [3.8, 4) is 11.5 Å². The van der Waals surface area contributed by atoms with Crippen LogP contribution < -0.4 is 9.47 Å². The molecule has 0 saturated heterocycles. The van der Waals surface area contributed by atoms with Gasteiger partial charge in [-0.2, -0.15) is 5.10 Å². The highest BCUT2D eigenvalue weighted by Gasteiger charge is 2.17. The van der Waals surface area contributed by atoms with Gasteiger partial charge < -0.3 is 9.47 Å². The number of methoxy groups -OCH3 is 1. The molecule has 0 aliphatic carbocycles. The Morgan fingerprint density at radius 2 is 2.03 bits per heavy atom. The summed E-state index contributed by atoms with van der Waals surface area (Å²) in [4.78, 5) is 22.9. The van der Waals surface area contributed by atoms with Gasteiger partial charge in [0.1, 0.15) is 18.2 Å². The number of aromatic nitrogens is 2. The van der Waals surface area contributed by atoms with Crippen molar-refractivity contribution >= 4 is 17.5 Å². The predicted octanol–water partition coefficient (Wildman–Crippen LogP) is 4.26. The van der Waals surface area contributed by atoms with Crippen LogP contribution in [0.5, 0.6) is 11.5 Å². The zero-order valence-corrected chi connectivity index (χ0v) is 17.2. The van der Waals surface area contributed by atoms with E-state index in [4.69, 9.17) is 9.47 Å². The third kappa shape index (κ3) is 4.95. The average molecular weight is 425 g/mol. The van der Waals surface area contributed by atoms with Gasteiger partial charge in [0.15, 0.2) is 11.5 Å². The van der Waals surface area contributed by atoms with Crippen LogP contribution in [0.2, 0.25) is 0 Å². The highest BCUT2D eigenvalue weighted by molar-refractivity contribution is 6.07. The van der Waals surface area contributed by atoms with E-state index in [0.717, 1.165) is 23.9 Å². The number of benzene rings is 2. The Morgan fingerprint density at radius 1 is 1.26 bits per heavy atom. The van der Waals surface area contributed by atoms with Gasteiger partial charge in [0.2, 0.25) is 0 Å². The molecule has 3 rings (SSSR count). The molecule has 1 aromatic heterocycles. The number of ether oxygens (including phenoxy) is 2. The fraction of sp³-hybridized carbons (Fsp3) is 0.182. The van der Waals surface area contributed by atoms with Crippen LogP contribution in [-0.2, 0) is 13.7 Å². The second kappa shape index (κ2) is 9.21. The summed E-state index contributed by atoms with van der Waals surface area (Å²) < 4.78 is 26.0. The van der Waals surface area contributed by atoms with E-state index in [2.05, 4.69) is 5.10 Å². The molecule has 0 aliphatic rings. The van der Waals surface area contributed by atoms with Crippen LogP contribution in [0.3, 0.4) is 0 Å². The van der Waals surface area contributed by atoms with Gasteiger partial charge in [0.25, 0.3) is 0 Å². The molecule has 3 aromatic rings. The molecule has 0 saturated carbocycles. The molecule has 0 amide bonds.